The third-order valence-electron chi connectivity index (χ3n) is 6.06. The zero-order valence-corrected chi connectivity index (χ0v) is 20.5. The van der Waals surface area contributed by atoms with Gasteiger partial charge in [-0.3, -0.25) is 4.98 Å². The van der Waals surface area contributed by atoms with Crippen LogP contribution in [-0.2, 0) is 0 Å². The topological polar surface area (TPSA) is 33.1 Å². The number of aromatic nitrogens is 2. The Labute approximate surface area is 208 Å². The molecule has 3 heterocycles. The predicted molar refractivity (Wildman–Crippen MR) is 140 cm³/mol. The first kappa shape index (κ1) is 22.0. The zero-order chi connectivity index (χ0) is 23.1. The Morgan fingerprint density at radius 1 is 0.879 bits per heavy atom. The molecule has 2 unspecified atom stereocenters. The number of pyridine rings is 1. The molecule has 1 N–H and O–H groups in total. The van der Waals surface area contributed by atoms with Crippen molar-refractivity contribution in [1.82, 2.24) is 14.9 Å². The molecule has 0 radical (unpaired) electrons. The summed E-state index contributed by atoms with van der Waals surface area (Å²) in [6.45, 7) is 4.25. The molecular weight excluding hydrogens is 471 g/mol. The average molecular weight is 493 g/mol. The van der Waals surface area contributed by atoms with Crippen molar-refractivity contribution in [2.24, 2.45) is 0 Å². The number of hydrogen-bond acceptors (Lipinski definition) is 2. The molecule has 0 saturated carbocycles. The smallest absolute Gasteiger partial charge is 0.174 e. The maximum absolute atomic E-state index is 6.30. The van der Waals surface area contributed by atoms with Crippen LogP contribution in [-0.4, -0.2) is 14.7 Å². The predicted octanol–water partition coefficient (Wildman–Crippen LogP) is 6.97. The molecule has 1 aliphatic rings. The van der Waals surface area contributed by atoms with Gasteiger partial charge in [-0.1, -0.05) is 35.3 Å². The van der Waals surface area contributed by atoms with Crippen molar-refractivity contribution in [3.63, 3.8) is 0 Å². The summed E-state index contributed by atoms with van der Waals surface area (Å²) in [5.41, 5.74) is 6.38. The van der Waals surface area contributed by atoms with Crippen molar-refractivity contribution in [3.05, 3.63) is 112 Å². The maximum Gasteiger partial charge on any atom is 0.174 e. The van der Waals surface area contributed by atoms with Gasteiger partial charge in [0.05, 0.1) is 17.8 Å². The molecule has 166 valence electrons. The lowest BCUT2D eigenvalue weighted by molar-refractivity contribution is 0.565. The molecule has 1 aliphatic heterocycles. The Kier molecular flexibility index (Phi) is 5.87. The first-order valence-electron chi connectivity index (χ1n) is 10.6. The minimum atomic E-state index is -0.109. The Morgan fingerprint density at radius 2 is 1.67 bits per heavy atom. The number of anilines is 1. The second kappa shape index (κ2) is 8.82. The van der Waals surface area contributed by atoms with Crippen LogP contribution in [0, 0.1) is 13.8 Å². The van der Waals surface area contributed by atoms with Gasteiger partial charge in [-0.25, -0.2) is 0 Å². The number of nitrogens with one attached hydrogen (secondary N) is 1. The van der Waals surface area contributed by atoms with Gasteiger partial charge in [0.2, 0.25) is 0 Å². The third-order valence-corrected chi connectivity index (χ3v) is 6.86. The summed E-state index contributed by atoms with van der Waals surface area (Å²) in [6.07, 6.45) is 1.82. The van der Waals surface area contributed by atoms with Crippen molar-refractivity contribution in [2.75, 3.05) is 4.90 Å². The van der Waals surface area contributed by atoms with Crippen molar-refractivity contribution >= 4 is 46.2 Å². The highest BCUT2D eigenvalue weighted by atomic mass is 35.5. The van der Waals surface area contributed by atoms with E-state index in [1.807, 2.05) is 66.9 Å². The lowest BCUT2D eigenvalue weighted by atomic mass is 9.96. The minimum absolute atomic E-state index is 0.0901. The van der Waals surface area contributed by atoms with Crippen molar-refractivity contribution in [2.45, 2.75) is 25.9 Å². The standard InChI is InChI=1S/C26H22Cl2N4S/c1-16-14-22(17(2)31(16)21-7-5-6-19(28)15-21)25-24(23-8-3-4-13-29-23)30-26(33)32(25)20-11-9-18(27)10-12-20/h3-15,24-25H,1-2H3,(H,30,33). The number of hydrogen-bond donors (Lipinski definition) is 1. The van der Waals surface area contributed by atoms with Gasteiger partial charge >= 0.3 is 0 Å². The van der Waals surface area contributed by atoms with Crippen LogP contribution >= 0.6 is 35.4 Å². The Hall–Kier alpha value is -2.86. The monoisotopic (exact) mass is 492 g/mol. The number of rotatable bonds is 4. The average Bonchev–Trinajstić information content (AvgIpc) is 3.30. The molecule has 4 aromatic rings. The highest BCUT2D eigenvalue weighted by molar-refractivity contribution is 7.80. The van der Waals surface area contributed by atoms with Crippen LogP contribution in [0.4, 0.5) is 5.69 Å². The fraction of sp³-hybridized carbons (Fsp3) is 0.154. The molecule has 5 rings (SSSR count). The molecule has 0 aliphatic carbocycles. The number of thiocarbonyl (C=S) groups is 1. The van der Waals surface area contributed by atoms with E-state index in [-0.39, 0.29) is 12.1 Å². The summed E-state index contributed by atoms with van der Waals surface area (Å²) in [5, 5.41) is 5.57. The summed E-state index contributed by atoms with van der Waals surface area (Å²) in [5.74, 6) is 0. The van der Waals surface area contributed by atoms with E-state index in [9.17, 15) is 0 Å². The van der Waals surface area contributed by atoms with Gasteiger partial charge in [0.25, 0.3) is 0 Å². The van der Waals surface area contributed by atoms with E-state index in [0.717, 1.165) is 28.5 Å². The van der Waals surface area contributed by atoms with Crippen LogP contribution in [0.5, 0.6) is 0 Å². The molecule has 33 heavy (non-hydrogen) atoms. The molecule has 0 bridgehead atoms. The number of aryl methyl sites for hydroxylation is 1. The highest BCUT2D eigenvalue weighted by Gasteiger charge is 2.42. The first-order chi connectivity index (χ1) is 15.9. The number of halogens is 2. The SMILES string of the molecule is Cc1cc(C2C(c3ccccn3)NC(=S)N2c2ccc(Cl)cc2)c(C)n1-c1cccc(Cl)c1. The quantitative estimate of drug-likeness (QED) is 0.311. The van der Waals surface area contributed by atoms with E-state index in [4.69, 9.17) is 35.4 Å². The molecule has 1 saturated heterocycles. The van der Waals surface area contributed by atoms with Crippen molar-refractivity contribution in [3.8, 4) is 5.69 Å². The summed E-state index contributed by atoms with van der Waals surface area (Å²) >= 11 is 18.3. The molecule has 2 aromatic heterocycles. The summed E-state index contributed by atoms with van der Waals surface area (Å²) in [4.78, 5) is 6.81. The van der Waals surface area contributed by atoms with Gasteiger partial charge in [-0.05, 0) is 92.3 Å². The Morgan fingerprint density at radius 3 is 2.36 bits per heavy atom. The van der Waals surface area contributed by atoms with E-state index < -0.39 is 0 Å². The van der Waals surface area contributed by atoms with E-state index in [2.05, 4.69) is 45.7 Å². The molecular formula is C26H22Cl2N4S. The molecule has 1 fully saturated rings. The normalized spacial score (nSPS) is 17.9. The van der Waals surface area contributed by atoms with Crippen LogP contribution in [0.1, 0.15) is 34.7 Å². The van der Waals surface area contributed by atoms with Gasteiger partial charge in [0, 0.05) is 39.0 Å². The van der Waals surface area contributed by atoms with Gasteiger partial charge in [0.1, 0.15) is 0 Å². The van der Waals surface area contributed by atoms with Crippen molar-refractivity contribution < 1.29 is 0 Å². The number of benzene rings is 2. The molecule has 7 heteroatoms. The number of nitrogens with zero attached hydrogens (tertiary/aromatic N) is 3. The minimum Gasteiger partial charge on any atom is -0.351 e. The van der Waals surface area contributed by atoms with Crippen LogP contribution in [0.15, 0.2) is 79.0 Å². The Balaban J connectivity index is 1.68. The van der Waals surface area contributed by atoms with E-state index in [0.29, 0.717) is 15.2 Å². The summed E-state index contributed by atoms with van der Waals surface area (Å²) in [6, 6.07) is 23.7. The lowest BCUT2D eigenvalue weighted by Crippen LogP contribution is -2.29. The highest BCUT2D eigenvalue weighted by Crippen LogP contribution is 2.43. The molecule has 0 spiro atoms. The zero-order valence-electron chi connectivity index (χ0n) is 18.2. The van der Waals surface area contributed by atoms with Crippen LogP contribution in [0.25, 0.3) is 5.69 Å². The van der Waals surface area contributed by atoms with Gasteiger partial charge in [-0.15, -0.1) is 0 Å². The molecule has 4 nitrogen and oxygen atoms in total. The van der Waals surface area contributed by atoms with Gasteiger partial charge in [0.15, 0.2) is 5.11 Å². The second-order valence-electron chi connectivity index (χ2n) is 8.11. The fourth-order valence-corrected chi connectivity index (χ4v) is 5.31. The third kappa shape index (κ3) is 4.01. The molecule has 2 atom stereocenters. The van der Waals surface area contributed by atoms with Crippen LogP contribution in [0.3, 0.4) is 0 Å². The largest absolute Gasteiger partial charge is 0.351 e. The second-order valence-corrected chi connectivity index (χ2v) is 9.37. The van der Waals surface area contributed by atoms with E-state index in [1.165, 1.54) is 5.56 Å². The molecule has 0 amide bonds. The maximum atomic E-state index is 6.30. The first-order valence-corrected chi connectivity index (χ1v) is 11.8. The van der Waals surface area contributed by atoms with Crippen molar-refractivity contribution in [1.29, 1.82) is 0 Å². The lowest BCUT2D eigenvalue weighted by Gasteiger charge is -2.28. The Bertz CT molecular complexity index is 1320. The van der Waals surface area contributed by atoms with Crippen LogP contribution < -0.4 is 10.2 Å². The van der Waals surface area contributed by atoms with E-state index >= 15 is 0 Å². The van der Waals surface area contributed by atoms with Gasteiger partial charge in [-0.2, -0.15) is 0 Å². The van der Waals surface area contributed by atoms with Crippen LogP contribution in [0.2, 0.25) is 10.0 Å². The molecule has 2 aromatic carbocycles. The van der Waals surface area contributed by atoms with Gasteiger partial charge < -0.3 is 14.8 Å². The summed E-state index contributed by atoms with van der Waals surface area (Å²) in [7, 11) is 0. The summed E-state index contributed by atoms with van der Waals surface area (Å²) < 4.78 is 2.23. The van der Waals surface area contributed by atoms with E-state index in [1.54, 1.807) is 0 Å². The fourth-order valence-electron chi connectivity index (χ4n) is 4.65.